The number of hydrogen-bond donors (Lipinski definition) is 1. The summed E-state index contributed by atoms with van der Waals surface area (Å²) < 4.78 is 5.19. The Morgan fingerprint density at radius 2 is 2.13 bits per heavy atom. The van der Waals surface area contributed by atoms with E-state index in [9.17, 15) is 0 Å². The lowest BCUT2D eigenvalue weighted by Crippen LogP contribution is -2.36. The molecular weight excluding hydrogens is 208 g/mol. The van der Waals surface area contributed by atoms with Gasteiger partial charge in [0.25, 0.3) is 0 Å². The monoisotopic (exact) mass is 234 g/mol. The summed E-state index contributed by atoms with van der Waals surface area (Å²) in [6, 6.07) is 0.502. The fraction of sp³-hybridized carbons (Fsp3) is 1.00. The Hall–Kier alpha value is 0.230. The molecule has 0 aliphatic heterocycles. The minimum atomic E-state index is 0.502. The molecule has 3 nitrogen and oxygen atoms in total. The van der Waals surface area contributed by atoms with E-state index < -0.39 is 0 Å². The van der Waals surface area contributed by atoms with Crippen molar-refractivity contribution in [2.75, 3.05) is 52.4 Å². The lowest BCUT2D eigenvalue weighted by atomic mass is 10.3. The zero-order chi connectivity index (χ0) is 11.5. The van der Waals surface area contributed by atoms with Gasteiger partial charge in [0.05, 0.1) is 6.61 Å². The fourth-order valence-corrected chi connectivity index (χ4v) is 2.35. The number of nitrogens with one attached hydrogen (secondary N) is 1. The normalized spacial score (nSPS) is 13.4. The molecule has 0 bridgehead atoms. The molecule has 15 heavy (non-hydrogen) atoms. The molecule has 0 fully saturated rings. The van der Waals surface area contributed by atoms with E-state index in [0.29, 0.717) is 6.04 Å². The van der Waals surface area contributed by atoms with Crippen LogP contribution in [0.15, 0.2) is 0 Å². The van der Waals surface area contributed by atoms with Crippen LogP contribution in [-0.2, 0) is 4.74 Å². The summed E-state index contributed by atoms with van der Waals surface area (Å²) in [5, 5.41) is 3.50. The topological polar surface area (TPSA) is 24.5 Å². The third kappa shape index (κ3) is 10.5. The van der Waals surface area contributed by atoms with Crippen LogP contribution in [0.1, 0.15) is 13.3 Å². The number of thioether (sulfide) groups is 1. The first-order chi connectivity index (χ1) is 7.20. The molecule has 1 N–H and O–H groups in total. The molecule has 0 aliphatic carbocycles. The molecule has 92 valence electrons. The predicted octanol–water partition coefficient (Wildman–Crippen LogP) is 1.30. The Morgan fingerprint density at radius 3 is 2.67 bits per heavy atom. The lowest BCUT2D eigenvalue weighted by molar-refractivity contribution is 0.174. The average Bonchev–Trinajstić information content (AvgIpc) is 2.20. The van der Waals surface area contributed by atoms with Crippen LogP contribution in [0.2, 0.25) is 0 Å². The Bertz CT molecular complexity index is 134. The smallest absolute Gasteiger partial charge is 0.0623 e. The van der Waals surface area contributed by atoms with Crippen LogP contribution in [0, 0.1) is 0 Å². The summed E-state index contributed by atoms with van der Waals surface area (Å²) in [7, 11) is 6.00. The molecule has 0 aromatic heterocycles. The van der Waals surface area contributed by atoms with Gasteiger partial charge in [0.15, 0.2) is 0 Å². The van der Waals surface area contributed by atoms with Crippen LogP contribution < -0.4 is 5.32 Å². The molecule has 0 rings (SSSR count). The van der Waals surface area contributed by atoms with E-state index >= 15 is 0 Å². The van der Waals surface area contributed by atoms with Gasteiger partial charge in [-0.15, -0.1) is 0 Å². The number of methoxy groups -OCH3 is 1. The van der Waals surface area contributed by atoms with Crippen LogP contribution in [0.25, 0.3) is 0 Å². The SMILES string of the molecule is CCCNC(COC)CSCCN(C)C. The van der Waals surface area contributed by atoms with Crippen LogP contribution in [0.4, 0.5) is 0 Å². The first kappa shape index (κ1) is 15.2. The van der Waals surface area contributed by atoms with E-state index in [2.05, 4.69) is 31.2 Å². The van der Waals surface area contributed by atoms with Gasteiger partial charge in [-0.05, 0) is 27.1 Å². The second kappa shape index (κ2) is 10.7. The molecule has 4 heteroatoms. The van der Waals surface area contributed by atoms with Crippen LogP contribution in [0.3, 0.4) is 0 Å². The molecule has 1 unspecified atom stereocenters. The van der Waals surface area contributed by atoms with Crippen molar-refractivity contribution in [3.8, 4) is 0 Å². The maximum atomic E-state index is 5.19. The van der Waals surface area contributed by atoms with Crippen LogP contribution >= 0.6 is 11.8 Å². The van der Waals surface area contributed by atoms with Crippen molar-refractivity contribution in [1.29, 1.82) is 0 Å². The van der Waals surface area contributed by atoms with Gasteiger partial charge < -0.3 is 15.0 Å². The van der Waals surface area contributed by atoms with E-state index in [0.717, 1.165) is 25.4 Å². The largest absolute Gasteiger partial charge is 0.383 e. The van der Waals surface area contributed by atoms with Crippen molar-refractivity contribution < 1.29 is 4.74 Å². The molecule has 0 amide bonds. The molecule has 0 saturated heterocycles. The van der Waals surface area contributed by atoms with Crippen molar-refractivity contribution in [2.24, 2.45) is 0 Å². The van der Waals surface area contributed by atoms with Crippen LogP contribution in [0.5, 0.6) is 0 Å². The van der Waals surface area contributed by atoms with Gasteiger partial charge in [-0.2, -0.15) is 11.8 Å². The quantitative estimate of drug-likeness (QED) is 0.576. The summed E-state index contributed by atoms with van der Waals surface area (Å²) in [6.07, 6.45) is 1.18. The molecule has 0 spiro atoms. The number of hydrogen-bond acceptors (Lipinski definition) is 4. The van der Waals surface area contributed by atoms with Crippen molar-refractivity contribution in [3.05, 3.63) is 0 Å². The third-order valence-electron chi connectivity index (χ3n) is 2.05. The third-order valence-corrected chi connectivity index (χ3v) is 3.16. The first-order valence-electron chi connectivity index (χ1n) is 5.65. The summed E-state index contributed by atoms with van der Waals surface area (Å²) >= 11 is 2.00. The highest BCUT2D eigenvalue weighted by molar-refractivity contribution is 7.99. The van der Waals surface area contributed by atoms with Gasteiger partial charge in [0, 0.05) is 31.2 Å². The van der Waals surface area contributed by atoms with Crippen molar-refractivity contribution in [2.45, 2.75) is 19.4 Å². The zero-order valence-corrected chi connectivity index (χ0v) is 11.4. The molecular formula is C11H26N2OS. The Kier molecular flexibility index (Phi) is 10.9. The van der Waals surface area contributed by atoms with E-state index in [1.54, 1.807) is 7.11 Å². The summed E-state index contributed by atoms with van der Waals surface area (Å²) in [5.74, 6) is 2.34. The van der Waals surface area contributed by atoms with Gasteiger partial charge in [-0.25, -0.2) is 0 Å². The highest BCUT2D eigenvalue weighted by Crippen LogP contribution is 2.03. The molecule has 0 aliphatic rings. The van der Waals surface area contributed by atoms with Crippen molar-refractivity contribution in [3.63, 3.8) is 0 Å². The second-order valence-electron chi connectivity index (χ2n) is 3.98. The average molecular weight is 234 g/mol. The van der Waals surface area contributed by atoms with Gasteiger partial charge in [-0.3, -0.25) is 0 Å². The molecule has 0 aromatic carbocycles. The highest BCUT2D eigenvalue weighted by atomic mass is 32.2. The Balaban J connectivity index is 3.47. The minimum absolute atomic E-state index is 0.502. The van der Waals surface area contributed by atoms with E-state index in [1.807, 2.05) is 11.8 Å². The van der Waals surface area contributed by atoms with Gasteiger partial charge in [0.2, 0.25) is 0 Å². The molecule has 0 aromatic rings. The maximum absolute atomic E-state index is 5.19. The summed E-state index contributed by atoms with van der Waals surface area (Å²) in [4.78, 5) is 2.22. The molecule has 0 heterocycles. The maximum Gasteiger partial charge on any atom is 0.0623 e. The summed E-state index contributed by atoms with van der Waals surface area (Å²) in [6.45, 7) is 5.24. The predicted molar refractivity (Wildman–Crippen MR) is 69.8 cm³/mol. The lowest BCUT2D eigenvalue weighted by Gasteiger charge is -2.17. The van der Waals surface area contributed by atoms with Crippen LogP contribution in [-0.4, -0.2) is 63.3 Å². The van der Waals surface area contributed by atoms with Crippen molar-refractivity contribution in [1.82, 2.24) is 10.2 Å². The van der Waals surface area contributed by atoms with E-state index in [4.69, 9.17) is 4.74 Å². The Labute approximate surface area is 98.9 Å². The number of ether oxygens (including phenoxy) is 1. The number of nitrogens with zero attached hydrogens (tertiary/aromatic N) is 1. The molecule has 0 saturated carbocycles. The minimum Gasteiger partial charge on any atom is -0.383 e. The second-order valence-corrected chi connectivity index (χ2v) is 5.13. The van der Waals surface area contributed by atoms with Gasteiger partial charge in [0.1, 0.15) is 0 Å². The van der Waals surface area contributed by atoms with Crippen molar-refractivity contribution >= 4 is 11.8 Å². The Morgan fingerprint density at radius 1 is 1.40 bits per heavy atom. The van der Waals surface area contributed by atoms with E-state index in [-0.39, 0.29) is 0 Å². The summed E-state index contributed by atoms with van der Waals surface area (Å²) in [5.41, 5.74) is 0. The molecule has 0 radical (unpaired) electrons. The highest BCUT2D eigenvalue weighted by Gasteiger charge is 2.06. The van der Waals surface area contributed by atoms with Gasteiger partial charge >= 0.3 is 0 Å². The standard InChI is InChI=1S/C11H26N2OS/c1-5-6-12-11(9-14-4)10-15-8-7-13(2)3/h11-12H,5-10H2,1-4H3. The first-order valence-corrected chi connectivity index (χ1v) is 6.81. The van der Waals surface area contributed by atoms with E-state index in [1.165, 1.54) is 12.2 Å². The number of rotatable bonds is 10. The van der Waals surface area contributed by atoms with Gasteiger partial charge in [-0.1, -0.05) is 6.92 Å². The zero-order valence-electron chi connectivity index (χ0n) is 10.6. The molecule has 1 atom stereocenters. The fourth-order valence-electron chi connectivity index (χ4n) is 1.19.